The van der Waals surface area contributed by atoms with E-state index in [0.29, 0.717) is 30.4 Å². The van der Waals surface area contributed by atoms with Gasteiger partial charge in [-0.3, -0.25) is 4.79 Å². The molecule has 21 heavy (non-hydrogen) atoms. The second kappa shape index (κ2) is 6.74. The molecule has 0 aliphatic heterocycles. The highest BCUT2D eigenvalue weighted by atomic mass is 16.1. The molecule has 1 aromatic heterocycles. The SMILES string of the molecule is Cc1c(N)nc(C(C)(C)C)nc1NCCC(=O)NC(C)C. The van der Waals surface area contributed by atoms with E-state index in [2.05, 4.69) is 20.6 Å². The fourth-order valence-electron chi connectivity index (χ4n) is 1.73. The summed E-state index contributed by atoms with van der Waals surface area (Å²) in [6.07, 6.45) is 0.395. The Morgan fingerprint density at radius 1 is 1.29 bits per heavy atom. The number of rotatable bonds is 5. The van der Waals surface area contributed by atoms with Crippen molar-refractivity contribution in [1.29, 1.82) is 0 Å². The van der Waals surface area contributed by atoms with Gasteiger partial charge in [0.2, 0.25) is 5.91 Å². The fraction of sp³-hybridized carbons (Fsp3) is 0.667. The molecule has 0 aliphatic carbocycles. The van der Waals surface area contributed by atoms with E-state index in [4.69, 9.17) is 5.73 Å². The lowest BCUT2D eigenvalue weighted by molar-refractivity contribution is -0.121. The topological polar surface area (TPSA) is 92.9 Å². The molecule has 0 saturated heterocycles. The summed E-state index contributed by atoms with van der Waals surface area (Å²) < 4.78 is 0. The summed E-state index contributed by atoms with van der Waals surface area (Å²) in [6.45, 7) is 12.4. The van der Waals surface area contributed by atoms with Gasteiger partial charge in [0.05, 0.1) is 0 Å². The Labute approximate surface area is 126 Å². The Hall–Kier alpha value is -1.85. The quantitative estimate of drug-likeness (QED) is 0.772. The molecule has 0 spiro atoms. The van der Waals surface area contributed by atoms with Gasteiger partial charge >= 0.3 is 0 Å². The minimum absolute atomic E-state index is 0.0215. The average Bonchev–Trinajstić information content (AvgIpc) is 2.31. The molecule has 0 atom stereocenters. The lowest BCUT2D eigenvalue weighted by Gasteiger charge is -2.19. The average molecular weight is 293 g/mol. The van der Waals surface area contributed by atoms with Gasteiger partial charge < -0.3 is 16.4 Å². The van der Waals surface area contributed by atoms with Gasteiger partial charge in [-0.2, -0.15) is 0 Å². The summed E-state index contributed by atoms with van der Waals surface area (Å²) in [7, 11) is 0. The first-order valence-corrected chi connectivity index (χ1v) is 7.29. The van der Waals surface area contributed by atoms with E-state index in [9.17, 15) is 4.79 Å². The molecule has 0 aromatic carbocycles. The number of nitrogens with zero attached hydrogens (tertiary/aromatic N) is 2. The minimum Gasteiger partial charge on any atom is -0.383 e. The Morgan fingerprint density at radius 3 is 2.43 bits per heavy atom. The Bertz CT molecular complexity index is 506. The van der Waals surface area contributed by atoms with Crippen molar-refractivity contribution in [1.82, 2.24) is 15.3 Å². The van der Waals surface area contributed by atoms with E-state index in [1.807, 2.05) is 41.5 Å². The van der Waals surface area contributed by atoms with E-state index in [-0.39, 0.29) is 17.4 Å². The van der Waals surface area contributed by atoms with Crippen LogP contribution >= 0.6 is 0 Å². The van der Waals surface area contributed by atoms with Crippen molar-refractivity contribution in [3.05, 3.63) is 11.4 Å². The van der Waals surface area contributed by atoms with Crippen LogP contribution < -0.4 is 16.4 Å². The van der Waals surface area contributed by atoms with E-state index in [1.165, 1.54) is 0 Å². The summed E-state index contributed by atoms with van der Waals surface area (Å²) in [5.41, 5.74) is 6.58. The van der Waals surface area contributed by atoms with Gasteiger partial charge in [0.15, 0.2) is 0 Å². The number of nitrogens with one attached hydrogen (secondary N) is 2. The Kier molecular flexibility index (Phi) is 5.52. The first-order chi connectivity index (χ1) is 9.61. The van der Waals surface area contributed by atoms with Crippen molar-refractivity contribution in [2.45, 2.75) is 59.4 Å². The van der Waals surface area contributed by atoms with Crippen LogP contribution in [0.1, 0.15) is 52.4 Å². The number of carbonyl (C=O) groups excluding carboxylic acids is 1. The predicted octanol–water partition coefficient (Wildman–Crippen LogP) is 1.99. The second-order valence-electron chi connectivity index (χ2n) is 6.56. The summed E-state index contributed by atoms with van der Waals surface area (Å²) in [5, 5.41) is 6.03. The van der Waals surface area contributed by atoms with Crippen molar-refractivity contribution in [2.24, 2.45) is 0 Å². The van der Waals surface area contributed by atoms with Crippen LogP contribution in [0.2, 0.25) is 0 Å². The minimum atomic E-state index is -0.173. The first-order valence-electron chi connectivity index (χ1n) is 7.29. The van der Waals surface area contributed by atoms with Crippen LogP contribution in [0.25, 0.3) is 0 Å². The predicted molar refractivity (Wildman–Crippen MR) is 86.3 cm³/mol. The van der Waals surface area contributed by atoms with Crippen molar-refractivity contribution >= 4 is 17.5 Å². The molecule has 1 heterocycles. The van der Waals surface area contributed by atoms with Gasteiger partial charge in [0.1, 0.15) is 17.5 Å². The highest BCUT2D eigenvalue weighted by molar-refractivity contribution is 5.76. The van der Waals surface area contributed by atoms with Crippen LogP contribution in [0.5, 0.6) is 0 Å². The second-order valence-corrected chi connectivity index (χ2v) is 6.56. The molecule has 0 aliphatic rings. The maximum atomic E-state index is 11.6. The van der Waals surface area contributed by atoms with Crippen molar-refractivity contribution in [3.8, 4) is 0 Å². The number of carbonyl (C=O) groups is 1. The zero-order valence-electron chi connectivity index (χ0n) is 13.9. The number of hydrogen-bond donors (Lipinski definition) is 3. The van der Waals surface area contributed by atoms with E-state index >= 15 is 0 Å². The van der Waals surface area contributed by atoms with E-state index in [0.717, 1.165) is 5.56 Å². The zero-order chi connectivity index (χ0) is 16.2. The van der Waals surface area contributed by atoms with Crippen LogP contribution in [0.15, 0.2) is 0 Å². The standard InChI is InChI=1S/C15H27N5O/c1-9(2)18-11(21)7-8-17-13-10(3)12(16)19-14(20-13)15(4,5)6/h9H,7-8H2,1-6H3,(H,18,21)(H3,16,17,19,20). The molecular weight excluding hydrogens is 266 g/mol. The van der Waals surface area contributed by atoms with Crippen LogP contribution in [-0.4, -0.2) is 28.5 Å². The third kappa shape index (κ3) is 5.21. The fourth-order valence-corrected chi connectivity index (χ4v) is 1.73. The molecule has 1 aromatic rings. The monoisotopic (exact) mass is 293 g/mol. The van der Waals surface area contributed by atoms with Gasteiger partial charge in [-0.25, -0.2) is 9.97 Å². The Balaban J connectivity index is 2.75. The van der Waals surface area contributed by atoms with Gasteiger partial charge in [0.25, 0.3) is 0 Å². The molecule has 1 amide bonds. The number of aromatic nitrogens is 2. The summed E-state index contributed by atoms with van der Waals surface area (Å²) >= 11 is 0. The van der Waals surface area contributed by atoms with Gasteiger partial charge in [-0.05, 0) is 20.8 Å². The molecule has 0 fully saturated rings. The van der Waals surface area contributed by atoms with Crippen molar-refractivity contribution in [3.63, 3.8) is 0 Å². The molecule has 118 valence electrons. The summed E-state index contributed by atoms with van der Waals surface area (Å²) in [6, 6.07) is 0.154. The van der Waals surface area contributed by atoms with Crippen molar-refractivity contribution < 1.29 is 4.79 Å². The molecule has 0 unspecified atom stereocenters. The molecule has 0 radical (unpaired) electrons. The Morgan fingerprint density at radius 2 is 1.90 bits per heavy atom. The molecule has 0 bridgehead atoms. The highest BCUT2D eigenvalue weighted by Gasteiger charge is 2.20. The molecular formula is C15H27N5O. The summed E-state index contributed by atoms with van der Waals surface area (Å²) in [5.74, 6) is 1.89. The smallest absolute Gasteiger partial charge is 0.221 e. The lowest BCUT2D eigenvalue weighted by Crippen LogP contribution is -2.31. The summed E-state index contributed by atoms with van der Waals surface area (Å²) in [4.78, 5) is 20.5. The van der Waals surface area contributed by atoms with E-state index < -0.39 is 0 Å². The van der Waals surface area contributed by atoms with Crippen LogP contribution in [0, 0.1) is 6.92 Å². The first kappa shape index (κ1) is 17.2. The van der Waals surface area contributed by atoms with Gasteiger partial charge in [-0.1, -0.05) is 20.8 Å². The normalized spacial score (nSPS) is 11.6. The van der Waals surface area contributed by atoms with Crippen molar-refractivity contribution in [2.75, 3.05) is 17.6 Å². The maximum absolute atomic E-state index is 11.6. The molecule has 4 N–H and O–H groups in total. The number of anilines is 2. The molecule has 0 saturated carbocycles. The number of nitrogen functional groups attached to an aromatic ring is 1. The van der Waals surface area contributed by atoms with Crippen LogP contribution in [0.3, 0.4) is 0 Å². The van der Waals surface area contributed by atoms with Crippen LogP contribution in [0.4, 0.5) is 11.6 Å². The number of hydrogen-bond acceptors (Lipinski definition) is 5. The lowest BCUT2D eigenvalue weighted by atomic mass is 9.95. The van der Waals surface area contributed by atoms with Gasteiger partial charge in [-0.15, -0.1) is 0 Å². The number of nitrogens with two attached hydrogens (primary N) is 1. The number of amides is 1. The third-order valence-electron chi connectivity index (χ3n) is 2.95. The van der Waals surface area contributed by atoms with Crippen LogP contribution in [-0.2, 0) is 10.2 Å². The van der Waals surface area contributed by atoms with Gasteiger partial charge in [0, 0.05) is 30.0 Å². The maximum Gasteiger partial charge on any atom is 0.221 e. The molecule has 6 nitrogen and oxygen atoms in total. The zero-order valence-corrected chi connectivity index (χ0v) is 13.9. The third-order valence-corrected chi connectivity index (χ3v) is 2.95. The van der Waals surface area contributed by atoms with E-state index in [1.54, 1.807) is 0 Å². The largest absolute Gasteiger partial charge is 0.383 e. The highest BCUT2D eigenvalue weighted by Crippen LogP contribution is 2.24. The molecule has 6 heteroatoms. The molecule has 1 rings (SSSR count).